The minimum absolute atomic E-state index is 0.479. The minimum Gasteiger partial charge on any atom is -0.449 e. The van der Waals surface area contributed by atoms with Crippen LogP contribution in [0.5, 0.6) is 0 Å². The van der Waals surface area contributed by atoms with E-state index in [1.807, 2.05) is 0 Å². The van der Waals surface area contributed by atoms with Crippen molar-refractivity contribution in [3.05, 3.63) is 0 Å². The molecule has 1 unspecified atom stereocenters. The standard InChI is InChI=1S/C2H14O2Si4/c1-2-8(6)4-7-3-5/h8H,2,7H2,1,5-6H3. The highest BCUT2D eigenvalue weighted by Gasteiger charge is 1.97. The lowest BCUT2D eigenvalue weighted by Gasteiger charge is -2.06. The maximum Gasteiger partial charge on any atom is 0.282 e. The fourth-order valence-electron chi connectivity index (χ4n) is 0.302. The molecule has 0 aromatic rings. The minimum atomic E-state index is -0.601. The smallest absolute Gasteiger partial charge is 0.282 e. The third-order valence-corrected chi connectivity index (χ3v) is 11.4. The summed E-state index contributed by atoms with van der Waals surface area (Å²) in [6, 6.07) is 1.30. The molecule has 0 aliphatic heterocycles. The maximum absolute atomic E-state index is 5.49. The van der Waals surface area contributed by atoms with Gasteiger partial charge in [-0.25, -0.2) is 0 Å². The van der Waals surface area contributed by atoms with Crippen molar-refractivity contribution in [3.63, 3.8) is 0 Å². The Kier molecular flexibility index (Phi) is 6.50. The first-order chi connectivity index (χ1) is 3.81. The molecule has 0 saturated carbocycles. The van der Waals surface area contributed by atoms with Crippen molar-refractivity contribution in [2.75, 3.05) is 0 Å². The van der Waals surface area contributed by atoms with Crippen LogP contribution in [-0.4, -0.2) is 38.8 Å². The summed E-state index contributed by atoms with van der Waals surface area (Å²) in [7, 11) is 1.08. The largest absolute Gasteiger partial charge is 0.449 e. The molecule has 0 heterocycles. The molecule has 1 atom stereocenters. The summed E-state index contributed by atoms with van der Waals surface area (Å²) in [5.41, 5.74) is 0. The van der Waals surface area contributed by atoms with E-state index in [0.29, 0.717) is 0 Å². The molecule has 0 fully saturated rings. The summed E-state index contributed by atoms with van der Waals surface area (Å²) in [4.78, 5) is 0. The highest BCUT2D eigenvalue weighted by atomic mass is 29.2. The second-order valence-electron chi connectivity index (χ2n) is 1.79. The van der Waals surface area contributed by atoms with Crippen LogP contribution in [0.3, 0.4) is 0 Å². The molecule has 8 heavy (non-hydrogen) atoms. The van der Waals surface area contributed by atoms with E-state index in [0.717, 1.165) is 10.5 Å². The van der Waals surface area contributed by atoms with Gasteiger partial charge in [0.15, 0.2) is 0 Å². The molecule has 6 heteroatoms. The van der Waals surface area contributed by atoms with E-state index in [1.165, 1.54) is 15.8 Å². The van der Waals surface area contributed by atoms with Crippen LogP contribution in [0.1, 0.15) is 6.92 Å². The molecule has 0 aromatic carbocycles. The third kappa shape index (κ3) is 4.93. The lowest BCUT2D eigenvalue weighted by molar-refractivity contribution is 0.498. The van der Waals surface area contributed by atoms with Crippen LogP contribution >= 0.6 is 0 Å². The Bertz CT molecular complexity index is 51.3. The summed E-state index contributed by atoms with van der Waals surface area (Å²) in [5.74, 6) is 0. The lowest BCUT2D eigenvalue weighted by Crippen LogP contribution is -2.20. The van der Waals surface area contributed by atoms with E-state index in [-0.39, 0.29) is 0 Å². The predicted molar refractivity (Wildman–Crippen MR) is 48.2 cm³/mol. The van der Waals surface area contributed by atoms with Crippen LogP contribution in [0.4, 0.5) is 0 Å². The molecule has 50 valence electrons. The number of rotatable bonds is 4. The first-order valence-corrected chi connectivity index (χ1v) is 10.8. The van der Waals surface area contributed by atoms with Crippen molar-refractivity contribution in [2.45, 2.75) is 13.0 Å². The van der Waals surface area contributed by atoms with E-state index < -0.39 is 18.6 Å². The van der Waals surface area contributed by atoms with Crippen molar-refractivity contribution < 1.29 is 8.23 Å². The van der Waals surface area contributed by atoms with Crippen LogP contribution in [0, 0.1) is 0 Å². The van der Waals surface area contributed by atoms with Gasteiger partial charge in [-0.05, 0) is 6.04 Å². The molecule has 2 nitrogen and oxygen atoms in total. The second kappa shape index (κ2) is 5.92. The molecular formula is C2H14O2Si4. The molecule has 0 aliphatic carbocycles. The Morgan fingerprint density at radius 1 is 1.75 bits per heavy atom. The van der Waals surface area contributed by atoms with Crippen LogP contribution in [0.2, 0.25) is 6.04 Å². The van der Waals surface area contributed by atoms with Crippen molar-refractivity contribution in [3.8, 4) is 0 Å². The van der Waals surface area contributed by atoms with Gasteiger partial charge >= 0.3 is 0 Å². The van der Waals surface area contributed by atoms with Crippen LogP contribution < -0.4 is 0 Å². The van der Waals surface area contributed by atoms with Crippen LogP contribution in [-0.2, 0) is 8.23 Å². The van der Waals surface area contributed by atoms with Gasteiger partial charge in [-0.15, -0.1) is 0 Å². The van der Waals surface area contributed by atoms with Gasteiger partial charge in [-0.2, -0.15) is 0 Å². The van der Waals surface area contributed by atoms with Gasteiger partial charge in [0.1, 0.15) is 19.0 Å². The van der Waals surface area contributed by atoms with E-state index in [4.69, 9.17) is 8.23 Å². The van der Waals surface area contributed by atoms with Crippen molar-refractivity contribution in [2.24, 2.45) is 0 Å². The first kappa shape index (κ1) is 8.79. The molecule has 0 amide bonds. The van der Waals surface area contributed by atoms with Gasteiger partial charge in [-0.3, -0.25) is 0 Å². The van der Waals surface area contributed by atoms with Gasteiger partial charge in [0.05, 0.1) is 0 Å². The van der Waals surface area contributed by atoms with Crippen molar-refractivity contribution >= 4 is 38.8 Å². The molecule has 0 rings (SSSR count). The zero-order valence-electron chi connectivity index (χ0n) is 5.81. The second-order valence-corrected chi connectivity index (χ2v) is 12.0. The fourth-order valence-corrected chi connectivity index (χ4v) is 5.17. The van der Waals surface area contributed by atoms with Gasteiger partial charge in [0, 0.05) is 9.76 Å². The summed E-state index contributed by atoms with van der Waals surface area (Å²) >= 11 is 0. The van der Waals surface area contributed by atoms with Gasteiger partial charge in [-0.1, -0.05) is 6.92 Å². The lowest BCUT2D eigenvalue weighted by atomic mass is 11.0. The Morgan fingerprint density at radius 3 is 2.75 bits per heavy atom. The molecule has 0 saturated heterocycles. The average molecular weight is 182 g/mol. The summed E-state index contributed by atoms with van der Waals surface area (Å²) in [5, 5.41) is 0. The van der Waals surface area contributed by atoms with E-state index in [9.17, 15) is 0 Å². The summed E-state index contributed by atoms with van der Waals surface area (Å²) in [6.45, 7) is 2.21. The molecule has 0 N–H and O–H groups in total. The normalized spacial score (nSPS) is 16.1. The monoisotopic (exact) mass is 182 g/mol. The van der Waals surface area contributed by atoms with E-state index in [1.54, 1.807) is 0 Å². The molecule has 0 radical (unpaired) electrons. The SMILES string of the molecule is CC[SiH]([SiH3])O[SiH2]O[SiH3]. The average Bonchev–Trinajstić information content (AvgIpc) is 1.83. The van der Waals surface area contributed by atoms with Gasteiger partial charge in [0.2, 0.25) is 0 Å². The highest BCUT2D eigenvalue weighted by Crippen LogP contribution is 1.84. The molecule has 0 bridgehead atoms. The van der Waals surface area contributed by atoms with Crippen molar-refractivity contribution in [1.29, 1.82) is 0 Å². The third-order valence-electron chi connectivity index (χ3n) is 1.05. The van der Waals surface area contributed by atoms with Crippen molar-refractivity contribution in [1.82, 2.24) is 0 Å². The van der Waals surface area contributed by atoms with Crippen LogP contribution in [0.15, 0.2) is 0 Å². The number of hydrogen-bond donors (Lipinski definition) is 0. The highest BCUT2D eigenvalue weighted by molar-refractivity contribution is 7.00. The Balaban J connectivity index is 2.86. The fraction of sp³-hybridized carbons (Fsp3) is 1.00. The van der Waals surface area contributed by atoms with E-state index >= 15 is 0 Å². The Hall–Kier alpha value is 0.788. The zero-order valence-corrected chi connectivity index (χ0v) is 12.4. The quantitative estimate of drug-likeness (QED) is 0.429. The topological polar surface area (TPSA) is 18.5 Å². The van der Waals surface area contributed by atoms with Crippen LogP contribution in [0.25, 0.3) is 0 Å². The van der Waals surface area contributed by atoms with Gasteiger partial charge < -0.3 is 8.23 Å². The van der Waals surface area contributed by atoms with Gasteiger partial charge in [0.25, 0.3) is 10.0 Å². The Labute approximate surface area is 60.5 Å². The van der Waals surface area contributed by atoms with E-state index in [2.05, 4.69) is 6.92 Å². The first-order valence-electron chi connectivity index (χ1n) is 2.91. The maximum atomic E-state index is 5.49. The molecule has 0 aliphatic rings. The summed E-state index contributed by atoms with van der Waals surface area (Å²) < 4.78 is 10.5. The summed E-state index contributed by atoms with van der Waals surface area (Å²) in [6.07, 6.45) is 0. The predicted octanol–water partition coefficient (Wildman–Crippen LogP) is -3.10. The zero-order chi connectivity index (χ0) is 6.41. The molecule has 0 aromatic heterocycles. The molecular weight excluding hydrogens is 168 g/mol. The Morgan fingerprint density at radius 2 is 2.38 bits per heavy atom. The number of hydrogen-bond acceptors (Lipinski definition) is 2. The molecule has 0 spiro atoms.